The van der Waals surface area contributed by atoms with Crippen molar-refractivity contribution in [2.45, 2.75) is 31.4 Å². The number of hydrogen-bond acceptors (Lipinski definition) is 4. The lowest BCUT2D eigenvalue weighted by Gasteiger charge is -2.09. The molecular weight excluding hydrogens is 288 g/mol. The van der Waals surface area contributed by atoms with Crippen molar-refractivity contribution in [3.63, 3.8) is 0 Å². The van der Waals surface area contributed by atoms with Crippen LogP contribution in [0.3, 0.4) is 0 Å². The third-order valence-electron chi connectivity index (χ3n) is 3.11. The maximum absolute atomic E-state index is 12.2. The number of nitrogens with one attached hydrogen (secondary N) is 1. The third-order valence-corrected chi connectivity index (χ3v) is 4.53. The van der Waals surface area contributed by atoms with Crippen LogP contribution in [-0.2, 0) is 16.6 Å². The van der Waals surface area contributed by atoms with Crippen molar-refractivity contribution < 1.29 is 13.5 Å². The van der Waals surface area contributed by atoms with E-state index >= 15 is 0 Å². The van der Waals surface area contributed by atoms with Crippen molar-refractivity contribution in [1.29, 1.82) is 0 Å². The van der Waals surface area contributed by atoms with Crippen molar-refractivity contribution in [3.05, 3.63) is 59.4 Å². The van der Waals surface area contributed by atoms with Crippen LogP contribution in [0.5, 0.6) is 0 Å². The van der Waals surface area contributed by atoms with Crippen LogP contribution < -0.4 is 4.72 Å². The molecule has 0 spiro atoms. The fourth-order valence-corrected chi connectivity index (χ4v) is 2.81. The summed E-state index contributed by atoms with van der Waals surface area (Å²) in [4.78, 5) is 4.29. The van der Waals surface area contributed by atoms with Crippen molar-refractivity contribution in [1.82, 2.24) is 9.71 Å². The van der Waals surface area contributed by atoms with Crippen molar-refractivity contribution >= 4 is 10.0 Å². The van der Waals surface area contributed by atoms with E-state index in [1.54, 1.807) is 25.3 Å². The molecule has 2 N–H and O–H groups in total. The summed E-state index contributed by atoms with van der Waals surface area (Å²) < 4.78 is 26.8. The fourth-order valence-electron chi connectivity index (χ4n) is 1.79. The number of sulfonamides is 1. The van der Waals surface area contributed by atoms with Crippen molar-refractivity contribution in [2.75, 3.05) is 0 Å². The summed E-state index contributed by atoms with van der Waals surface area (Å²) in [6, 6.07) is 9.84. The van der Waals surface area contributed by atoms with E-state index in [1.165, 1.54) is 12.1 Å². The summed E-state index contributed by atoms with van der Waals surface area (Å²) in [7, 11) is -3.57. The van der Waals surface area contributed by atoms with E-state index < -0.39 is 16.1 Å². The Kier molecular flexibility index (Phi) is 4.72. The van der Waals surface area contributed by atoms with Crippen LogP contribution in [-0.4, -0.2) is 18.5 Å². The number of hydrogen-bond donors (Lipinski definition) is 2. The highest BCUT2D eigenvalue weighted by molar-refractivity contribution is 7.89. The number of aromatic nitrogens is 1. The Morgan fingerprint density at radius 3 is 2.38 bits per heavy atom. The Bertz CT molecular complexity index is 693. The zero-order valence-electron chi connectivity index (χ0n) is 11.9. The van der Waals surface area contributed by atoms with Crippen molar-refractivity contribution in [2.24, 2.45) is 0 Å². The topological polar surface area (TPSA) is 79.3 Å². The quantitative estimate of drug-likeness (QED) is 0.884. The Balaban J connectivity index is 2.09. The number of aliphatic hydroxyl groups is 1. The molecule has 1 heterocycles. The van der Waals surface area contributed by atoms with Gasteiger partial charge in [0.15, 0.2) is 0 Å². The molecule has 1 atom stereocenters. The minimum absolute atomic E-state index is 0.173. The molecule has 1 unspecified atom stereocenters. The van der Waals surface area contributed by atoms with Crippen LogP contribution in [0.15, 0.2) is 47.5 Å². The summed E-state index contributed by atoms with van der Waals surface area (Å²) in [6.45, 7) is 3.69. The summed E-state index contributed by atoms with van der Waals surface area (Å²) in [5.41, 5.74) is 2.36. The van der Waals surface area contributed by atoms with Crippen molar-refractivity contribution in [3.8, 4) is 0 Å². The van der Waals surface area contributed by atoms with E-state index in [4.69, 9.17) is 0 Å². The fraction of sp³-hybridized carbons (Fsp3) is 0.267. The maximum Gasteiger partial charge on any atom is 0.240 e. The largest absolute Gasteiger partial charge is 0.389 e. The lowest BCUT2D eigenvalue weighted by Crippen LogP contribution is -2.23. The van der Waals surface area contributed by atoms with Crippen LogP contribution in [0.4, 0.5) is 0 Å². The van der Waals surface area contributed by atoms with E-state index in [-0.39, 0.29) is 11.4 Å². The lowest BCUT2D eigenvalue weighted by atomic mass is 10.1. The molecule has 1 aromatic heterocycles. The second-order valence-corrected chi connectivity index (χ2v) is 6.64. The monoisotopic (exact) mass is 306 g/mol. The Morgan fingerprint density at radius 2 is 1.86 bits per heavy atom. The van der Waals surface area contributed by atoms with Gasteiger partial charge in [-0.15, -0.1) is 0 Å². The predicted molar refractivity (Wildman–Crippen MR) is 80.1 cm³/mol. The number of rotatable bonds is 5. The third kappa shape index (κ3) is 4.10. The second kappa shape index (κ2) is 6.34. The van der Waals surface area contributed by atoms with Gasteiger partial charge in [-0.3, -0.25) is 4.98 Å². The predicted octanol–water partition coefficient (Wildman–Crippen LogP) is 1.92. The normalized spacial score (nSPS) is 13.1. The molecule has 2 rings (SSSR count). The first-order valence-corrected chi connectivity index (χ1v) is 8.06. The van der Waals surface area contributed by atoms with Crippen LogP contribution in [0.1, 0.15) is 29.8 Å². The molecule has 0 saturated heterocycles. The Labute approximate surface area is 124 Å². The number of aliphatic hydroxyl groups excluding tert-OH is 1. The number of benzene rings is 1. The molecule has 112 valence electrons. The van der Waals surface area contributed by atoms with Gasteiger partial charge in [0.05, 0.1) is 11.0 Å². The van der Waals surface area contributed by atoms with Gasteiger partial charge in [0, 0.05) is 18.4 Å². The molecule has 5 nitrogen and oxygen atoms in total. The highest BCUT2D eigenvalue weighted by Gasteiger charge is 2.14. The summed E-state index contributed by atoms with van der Waals surface area (Å²) >= 11 is 0. The minimum atomic E-state index is -3.57. The van der Waals surface area contributed by atoms with Gasteiger partial charge in [-0.05, 0) is 43.2 Å². The molecule has 0 radical (unpaired) electrons. The lowest BCUT2D eigenvalue weighted by molar-refractivity contribution is 0.199. The van der Waals surface area contributed by atoms with Crippen LogP contribution >= 0.6 is 0 Å². The van der Waals surface area contributed by atoms with E-state index in [0.29, 0.717) is 5.56 Å². The molecule has 2 aromatic rings. The zero-order chi connectivity index (χ0) is 15.5. The van der Waals surface area contributed by atoms with Crippen LogP contribution in [0.2, 0.25) is 0 Å². The minimum Gasteiger partial charge on any atom is -0.389 e. The average Bonchev–Trinajstić information content (AvgIpc) is 2.47. The molecule has 0 fully saturated rings. The molecule has 6 heteroatoms. The van der Waals surface area contributed by atoms with Gasteiger partial charge >= 0.3 is 0 Å². The summed E-state index contributed by atoms with van der Waals surface area (Å²) in [5, 5.41) is 9.42. The highest BCUT2D eigenvalue weighted by atomic mass is 32.2. The van der Waals surface area contributed by atoms with Crippen LogP contribution in [0.25, 0.3) is 0 Å². The molecule has 21 heavy (non-hydrogen) atoms. The van der Waals surface area contributed by atoms with Gasteiger partial charge in [0.25, 0.3) is 0 Å². The zero-order valence-corrected chi connectivity index (χ0v) is 12.8. The number of pyridine rings is 1. The first-order valence-electron chi connectivity index (χ1n) is 6.58. The van der Waals surface area contributed by atoms with Gasteiger partial charge in [0.2, 0.25) is 10.0 Å². The van der Waals surface area contributed by atoms with Crippen LogP contribution in [0, 0.1) is 6.92 Å². The summed E-state index contributed by atoms with van der Waals surface area (Å²) in [5.74, 6) is 0. The first-order chi connectivity index (χ1) is 9.88. The first kappa shape index (κ1) is 15.6. The van der Waals surface area contributed by atoms with E-state index in [2.05, 4.69) is 9.71 Å². The average molecular weight is 306 g/mol. The van der Waals surface area contributed by atoms with Gasteiger partial charge in [-0.1, -0.05) is 18.2 Å². The smallest absolute Gasteiger partial charge is 0.240 e. The molecule has 0 bridgehead atoms. The van der Waals surface area contributed by atoms with Gasteiger partial charge in [-0.2, -0.15) is 0 Å². The van der Waals surface area contributed by atoms with E-state index in [1.807, 2.05) is 19.1 Å². The number of aryl methyl sites for hydroxylation is 1. The highest BCUT2D eigenvalue weighted by Crippen LogP contribution is 2.16. The van der Waals surface area contributed by atoms with E-state index in [0.717, 1.165) is 11.3 Å². The molecule has 0 saturated carbocycles. The second-order valence-electron chi connectivity index (χ2n) is 4.88. The van der Waals surface area contributed by atoms with Gasteiger partial charge in [-0.25, -0.2) is 13.1 Å². The summed E-state index contributed by atoms with van der Waals surface area (Å²) in [6.07, 6.45) is 1.03. The molecule has 0 aliphatic heterocycles. The molecule has 0 amide bonds. The maximum atomic E-state index is 12.2. The van der Waals surface area contributed by atoms with Gasteiger partial charge < -0.3 is 5.11 Å². The Hall–Kier alpha value is -1.76. The van der Waals surface area contributed by atoms with E-state index in [9.17, 15) is 13.5 Å². The molecule has 0 aliphatic rings. The van der Waals surface area contributed by atoms with Gasteiger partial charge in [0.1, 0.15) is 0 Å². The molecule has 0 aliphatic carbocycles. The molecular formula is C15H18N2O3S. The standard InChI is InChI=1S/C15H18N2O3S/c1-11-3-4-13(9-16-11)10-17-21(19,20)15-7-5-14(6-8-15)12(2)18/h3-9,12,17-18H,10H2,1-2H3. The molecule has 1 aromatic carbocycles. The number of nitrogens with zero attached hydrogens (tertiary/aromatic N) is 1. The SMILES string of the molecule is Cc1ccc(CNS(=O)(=O)c2ccc(C(C)O)cc2)cn1. The Morgan fingerprint density at radius 1 is 1.19 bits per heavy atom.